The Kier molecular flexibility index (Phi) is 3.47. The summed E-state index contributed by atoms with van der Waals surface area (Å²) in [7, 11) is 0. The smallest absolute Gasteiger partial charge is 0.255 e. The molecule has 2 aromatic carbocycles. The van der Waals surface area contributed by atoms with Gasteiger partial charge < -0.3 is 5.32 Å². The molecule has 2 heteroatoms. The molecule has 0 saturated carbocycles. The van der Waals surface area contributed by atoms with Crippen molar-refractivity contribution in [2.75, 3.05) is 5.32 Å². The van der Waals surface area contributed by atoms with E-state index in [0.717, 1.165) is 16.8 Å². The van der Waals surface area contributed by atoms with Crippen LogP contribution in [0.5, 0.6) is 0 Å². The van der Waals surface area contributed by atoms with Gasteiger partial charge in [-0.15, -0.1) is 0 Å². The number of hydrogen-bond acceptors (Lipinski definition) is 1. The van der Waals surface area contributed by atoms with Gasteiger partial charge >= 0.3 is 0 Å². The van der Waals surface area contributed by atoms with Crippen molar-refractivity contribution in [3.8, 4) is 0 Å². The molecule has 0 aromatic heterocycles. The van der Waals surface area contributed by atoms with Crippen molar-refractivity contribution in [2.45, 2.75) is 13.8 Å². The average Bonchev–Trinajstić information content (AvgIpc) is 2.33. The molecule has 0 aliphatic carbocycles. The zero-order chi connectivity index (χ0) is 13.1. The number of hydrogen-bond donors (Lipinski definition) is 1. The van der Waals surface area contributed by atoms with Crippen molar-refractivity contribution in [3.05, 3.63) is 71.6 Å². The van der Waals surface area contributed by atoms with E-state index in [1.165, 1.54) is 5.56 Å². The number of carbonyl (C=O) groups is 1. The van der Waals surface area contributed by atoms with Crippen LogP contribution in [0.4, 0.5) is 5.69 Å². The molecular formula is C16H16NO. The lowest BCUT2D eigenvalue weighted by Gasteiger charge is -2.09. The number of nitrogens with one attached hydrogen (secondary N) is 1. The van der Waals surface area contributed by atoms with Crippen LogP contribution in [0.3, 0.4) is 0 Å². The van der Waals surface area contributed by atoms with Crippen LogP contribution >= 0.6 is 0 Å². The summed E-state index contributed by atoms with van der Waals surface area (Å²) in [6.45, 7) is 7.82. The van der Waals surface area contributed by atoms with Gasteiger partial charge in [-0.1, -0.05) is 29.8 Å². The number of rotatable bonds is 2. The number of aryl methyl sites for hydroxylation is 2. The molecule has 0 atom stereocenters. The summed E-state index contributed by atoms with van der Waals surface area (Å²) in [5.74, 6) is -0.0954. The van der Waals surface area contributed by atoms with Crippen LogP contribution in [-0.2, 0) is 0 Å². The van der Waals surface area contributed by atoms with Gasteiger partial charge in [-0.3, -0.25) is 4.79 Å². The van der Waals surface area contributed by atoms with Gasteiger partial charge in [0.15, 0.2) is 0 Å². The fraction of sp³-hybridized carbons (Fsp3) is 0.125. The quantitative estimate of drug-likeness (QED) is 0.848. The molecule has 1 radical (unpaired) electrons. The molecule has 1 N–H and O–H groups in total. The largest absolute Gasteiger partial charge is 0.322 e. The predicted molar refractivity (Wildman–Crippen MR) is 74.8 cm³/mol. The summed E-state index contributed by atoms with van der Waals surface area (Å²) < 4.78 is 0. The van der Waals surface area contributed by atoms with E-state index >= 15 is 0 Å². The van der Waals surface area contributed by atoms with Crippen LogP contribution < -0.4 is 5.32 Å². The lowest BCUT2D eigenvalue weighted by Crippen LogP contribution is -2.12. The van der Waals surface area contributed by atoms with E-state index in [2.05, 4.69) is 18.3 Å². The van der Waals surface area contributed by atoms with Crippen molar-refractivity contribution in [1.82, 2.24) is 0 Å². The van der Waals surface area contributed by atoms with Crippen LogP contribution in [0.2, 0.25) is 0 Å². The maximum atomic E-state index is 12.0. The highest BCUT2D eigenvalue weighted by molar-refractivity contribution is 6.04. The van der Waals surface area contributed by atoms with Gasteiger partial charge in [-0.05, 0) is 50.1 Å². The minimum atomic E-state index is -0.0954. The van der Waals surface area contributed by atoms with Crippen LogP contribution in [0.15, 0.2) is 42.5 Å². The lowest BCUT2D eigenvalue weighted by atomic mass is 10.1. The van der Waals surface area contributed by atoms with Gasteiger partial charge in [-0.25, -0.2) is 0 Å². The van der Waals surface area contributed by atoms with Gasteiger partial charge in [0.05, 0.1) is 0 Å². The topological polar surface area (TPSA) is 29.1 Å². The second kappa shape index (κ2) is 5.05. The van der Waals surface area contributed by atoms with Crippen LogP contribution in [-0.4, -0.2) is 5.91 Å². The van der Waals surface area contributed by atoms with Crippen LogP contribution in [0, 0.1) is 20.8 Å². The molecule has 0 fully saturated rings. The summed E-state index contributed by atoms with van der Waals surface area (Å²) in [4.78, 5) is 12.0. The third-order valence-electron chi connectivity index (χ3n) is 2.85. The van der Waals surface area contributed by atoms with E-state index < -0.39 is 0 Å². The molecule has 0 heterocycles. The Morgan fingerprint density at radius 3 is 2.33 bits per heavy atom. The summed E-state index contributed by atoms with van der Waals surface area (Å²) in [5.41, 5.74) is 4.65. The van der Waals surface area contributed by atoms with Gasteiger partial charge in [-0.2, -0.15) is 0 Å². The number of carbonyl (C=O) groups excluding carboxylic acids is 1. The monoisotopic (exact) mass is 238 g/mol. The van der Waals surface area contributed by atoms with Crippen molar-refractivity contribution < 1.29 is 4.79 Å². The second-order valence-corrected chi connectivity index (χ2v) is 4.47. The normalized spacial score (nSPS) is 10.2. The minimum absolute atomic E-state index is 0.0954. The van der Waals surface area contributed by atoms with Crippen molar-refractivity contribution in [3.63, 3.8) is 0 Å². The van der Waals surface area contributed by atoms with Gasteiger partial charge in [0, 0.05) is 11.3 Å². The maximum Gasteiger partial charge on any atom is 0.255 e. The Hall–Kier alpha value is -2.09. The van der Waals surface area contributed by atoms with Crippen LogP contribution in [0.1, 0.15) is 27.0 Å². The minimum Gasteiger partial charge on any atom is -0.322 e. The first kappa shape index (κ1) is 12.4. The SMILES string of the molecule is [CH2]c1ccc(C(=O)Nc2ccc(C)cc2C)cc1. The molecule has 2 nitrogen and oxygen atoms in total. The van der Waals surface area contributed by atoms with E-state index in [1.807, 2.05) is 38.1 Å². The van der Waals surface area contributed by atoms with Crippen molar-refractivity contribution >= 4 is 11.6 Å². The van der Waals surface area contributed by atoms with Gasteiger partial charge in [0.2, 0.25) is 0 Å². The summed E-state index contributed by atoms with van der Waals surface area (Å²) in [6, 6.07) is 13.2. The molecule has 0 bridgehead atoms. The summed E-state index contributed by atoms with van der Waals surface area (Å²) in [5, 5.41) is 2.91. The molecule has 0 unspecified atom stereocenters. The Bertz CT molecular complexity index is 570. The number of amides is 1. The van der Waals surface area contributed by atoms with Crippen molar-refractivity contribution in [1.29, 1.82) is 0 Å². The van der Waals surface area contributed by atoms with Gasteiger partial charge in [0.25, 0.3) is 5.91 Å². The first-order valence-corrected chi connectivity index (χ1v) is 5.87. The standard InChI is InChI=1S/C16H16NO/c1-11-4-7-14(8-5-11)16(18)17-15-9-6-12(2)10-13(15)3/h4-10H,1H2,2-3H3,(H,17,18). The van der Waals surface area contributed by atoms with E-state index in [4.69, 9.17) is 0 Å². The Balaban J connectivity index is 2.18. The number of anilines is 1. The molecule has 0 spiro atoms. The fourth-order valence-corrected chi connectivity index (χ4v) is 1.80. The zero-order valence-electron chi connectivity index (χ0n) is 10.7. The Morgan fingerprint density at radius 2 is 1.72 bits per heavy atom. The molecule has 0 aliphatic rings. The molecule has 1 amide bonds. The van der Waals surface area contributed by atoms with E-state index in [-0.39, 0.29) is 5.91 Å². The highest BCUT2D eigenvalue weighted by Gasteiger charge is 2.07. The highest BCUT2D eigenvalue weighted by Crippen LogP contribution is 2.17. The maximum absolute atomic E-state index is 12.0. The molecule has 0 saturated heterocycles. The third-order valence-corrected chi connectivity index (χ3v) is 2.85. The van der Waals surface area contributed by atoms with Crippen molar-refractivity contribution in [2.24, 2.45) is 0 Å². The molecular weight excluding hydrogens is 222 g/mol. The van der Waals surface area contributed by atoms with Crippen LogP contribution in [0.25, 0.3) is 0 Å². The second-order valence-electron chi connectivity index (χ2n) is 4.47. The average molecular weight is 238 g/mol. The lowest BCUT2D eigenvalue weighted by molar-refractivity contribution is 0.102. The highest BCUT2D eigenvalue weighted by atomic mass is 16.1. The molecule has 91 valence electrons. The number of benzene rings is 2. The predicted octanol–water partition coefficient (Wildman–Crippen LogP) is 3.74. The third kappa shape index (κ3) is 2.77. The molecule has 0 aliphatic heterocycles. The molecule has 2 rings (SSSR count). The Morgan fingerprint density at radius 1 is 1.06 bits per heavy atom. The summed E-state index contributed by atoms with van der Waals surface area (Å²) >= 11 is 0. The summed E-state index contributed by atoms with van der Waals surface area (Å²) in [6.07, 6.45) is 0. The van der Waals surface area contributed by atoms with Gasteiger partial charge in [0.1, 0.15) is 0 Å². The molecule has 2 aromatic rings. The molecule has 18 heavy (non-hydrogen) atoms. The Labute approximate surface area is 108 Å². The van der Waals surface area contributed by atoms with E-state index in [9.17, 15) is 4.79 Å². The van der Waals surface area contributed by atoms with E-state index in [1.54, 1.807) is 12.1 Å². The zero-order valence-corrected chi connectivity index (χ0v) is 10.7. The first-order chi connectivity index (χ1) is 8.56. The van der Waals surface area contributed by atoms with E-state index in [0.29, 0.717) is 5.56 Å². The fourth-order valence-electron chi connectivity index (χ4n) is 1.80. The first-order valence-electron chi connectivity index (χ1n) is 5.87.